The summed E-state index contributed by atoms with van der Waals surface area (Å²) in [6.45, 7) is 0.370. The van der Waals surface area contributed by atoms with E-state index in [-0.39, 0.29) is 11.7 Å². The molecule has 3 aromatic rings. The zero-order valence-corrected chi connectivity index (χ0v) is 14.2. The maximum atomic E-state index is 11.9. The number of imide groups is 1. The van der Waals surface area contributed by atoms with E-state index in [1.807, 2.05) is 41.8 Å². The van der Waals surface area contributed by atoms with E-state index in [4.69, 9.17) is 0 Å². The Kier molecular flexibility index (Phi) is 5.39. The predicted molar refractivity (Wildman–Crippen MR) is 95.0 cm³/mol. The number of thioether (sulfide) groups is 1. The molecule has 2 aromatic heterocycles. The van der Waals surface area contributed by atoms with Gasteiger partial charge in [-0.2, -0.15) is 0 Å². The summed E-state index contributed by atoms with van der Waals surface area (Å²) in [4.78, 5) is 32.8. The highest BCUT2D eigenvalue weighted by atomic mass is 32.2. The Balaban J connectivity index is 1.47. The number of aromatic nitrogens is 2. The SMILES string of the molecule is O=C(CSc1ncnc2sccc12)NC(=O)NCc1ccccc1. The minimum absolute atomic E-state index is 0.112. The fraction of sp³-hybridized carbons (Fsp3) is 0.125. The average molecular weight is 358 g/mol. The number of fused-ring (bicyclic) bond motifs is 1. The van der Waals surface area contributed by atoms with Crippen LogP contribution in [0, 0.1) is 0 Å². The minimum atomic E-state index is -0.507. The molecule has 0 fully saturated rings. The molecule has 0 unspecified atom stereocenters. The molecule has 0 aliphatic heterocycles. The van der Waals surface area contributed by atoms with Crippen LogP contribution in [-0.2, 0) is 11.3 Å². The van der Waals surface area contributed by atoms with Crippen molar-refractivity contribution in [2.75, 3.05) is 5.75 Å². The highest BCUT2D eigenvalue weighted by Crippen LogP contribution is 2.27. The summed E-state index contributed by atoms with van der Waals surface area (Å²) >= 11 is 2.80. The smallest absolute Gasteiger partial charge is 0.321 e. The summed E-state index contributed by atoms with van der Waals surface area (Å²) in [6.07, 6.45) is 1.48. The van der Waals surface area contributed by atoms with Crippen LogP contribution < -0.4 is 10.6 Å². The second-order valence-corrected chi connectivity index (χ2v) is 6.68. The molecule has 3 amide bonds. The van der Waals surface area contributed by atoms with Gasteiger partial charge in [0.05, 0.1) is 5.75 Å². The fourth-order valence-corrected chi connectivity index (χ4v) is 3.58. The standard InChI is InChI=1S/C16H14N4O2S2/c21-13(20-16(22)17-8-11-4-2-1-3-5-11)9-24-15-12-6-7-23-14(12)18-10-19-15/h1-7,10H,8-9H2,(H2,17,20,21,22). The van der Waals surface area contributed by atoms with Crippen LogP contribution in [0.3, 0.4) is 0 Å². The first kappa shape index (κ1) is 16.4. The van der Waals surface area contributed by atoms with Gasteiger partial charge in [-0.1, -0.05) is 42.1 Å². The van der Waals surface area contributed by atoms with Crippen LogP contribution in [0.2, 0.25) is 0 Å². The van der Waals surface area contributed by atoms with Gasteiger partial charge in [0.25, 0.3) is 0 Å². The topological polar surface area (TPSA) is 84.0 Å². The maximum absolute atomic E-state index is 11.9. The number of urea groups is 1. The molecule has 0 bridgehead atoms. The first-order valence-corrected chi connectivity index (χ1v) is 9.01. The zero-order valence-electron chi connectivity index (χ0n) is 12.6. The average Bonchev–Trinajstić information content (AvgIpc) is 3.08. The molecule has 0 spiro atoms. The van der Waals surface area contributed by atoms with Crippen LogP contribution in [0.25, 0.3) is 10.2 Å². The van der Waals surface area contributed by atoms with E-state index in [1.54, 1.807) is 0 Å². The lowest BCUT2D eigenvalue weighted by Crippen LogP contribution is -2.39. The molecule has 0 atom stereocenters. The minimum Gasteiger partial charge on any atom is -0.334 e. The number of hydrogen-bond donors (Lipinski definition) is 2. The third-order valence-electron chi connectivity index (χ3n) is 3.11. The monoisotopic (exact) mass is 358 g/mol. The summed E-state index contributed by atoms with van der Waals surface area (Å²) in [7, 11) is 0. The van der Waals surface area contributed by atoms with Crippen molar-refractivity contribution in [2.24, 2.45) is 0 Å². The van der Waals surface area contributed by atoms with Gasteiger partial charge in [0, 0.05) is 11.9 Å². The molecule has 1 aromatic carbocycles. The first-order valence-electron chi connectivity index (χ1n) is 7.15. The van der Waals surface area contributed by atoms with Crippen molar-refractivity contribution >= 4 is 45.3 Å². The van der Waals surface area contributed by atoms with Crippen LogP contribution in [0.1, 0.15) is 5.56 Å². The Morgan fingerprint density at radius 3 is 2.79 bits per heavy atom. The van der Waals surface area contributed by atoms with Crippen molar-refractivity contribution in [2.45, 2.75) is 11.6 Å². The van der Waals surface area contributed by atoms with Crippen molar-refractivity contribution in [1.29, 1.82) is 0 Å². The molecule has 0 radical (unpaired) electrons. The fourth-order valence-electron chi connectivity index (χ4n) is 2.00. The number of amides is 3. The number of nitrogens with zero attached hydrogens (tertiary/aromatic N) is 2. The van der Waals surface area contributed by atoms with Crippen LogP contribution >= 0.6 is 23.1 Å². The lowest BCUT2D eigenvalue weighted by molar-refractivity contribution is -0.117. The van der Waals surface area contributed by atoms with E-state index in [0.29, 0.717) is 6.54 Å². The van der Waals surface area contributed by atoms with Crippen molar-refractivity contribution in [1.82, 2.24) is 20.6 Å². The second kappa shape index (κ2) is 7.89. The number of carbonyl (C=O) groups is 2. The number of carbonyl (C=O) groups excluding carboxylic acids is 2. The van der Waals surface area contributed by atoms with Gasteiger partial charge >= 0.3 is 6.03 Å². The van der Waals surface area contributed by atoms with Crippen molar-refractivity contribution in [3.63, 3.8) is 0 Å². The summed E-state index contributed by atoms with van der Waals surface area (Å²) in [5, 5.41) is 8.55. The molecule has 122 valence electrons. The van der Waals surface area contributed by atoms with Gasteiger partial charge < -0.3 is 5.32 Å². The Morgan fingerprint density at radius 1 is 1.12 bits per heavy atom. The summed E-state index contributed by atoms with van der Waals surface area (Å²) in [5.41, 5.74) is 0.968. The molecule has 0 aliphatic carbocycles. The zero-order chi connectivity index (χ0) is 16.8. The van der Waals surface area contributed by atoms with E-state index in [9.17, 15) is 9.59 Å². The molecule has 2 N–H and O–H groups in total. The molecular weight excluding hydrogens is 344 g/mol. The molecule has 2 heterocycles. The van der Waals surface area contributed by atoms with E-state index in [0.717, 1.165) is 20.8 Å². The van der Waals surface area contributed by atoms with Gasteiger partial charge in [0.1, 0.15) is 16.2 Å². The van der Waals surface area contributed by atoms with E-state index in [1.165, 1.54) is 29.4 Å². The van der Waals surface area contributed by atoms with E-state index in [2.05, 4.69) is 20.6 Å². The normalized spacial score (nSPS) is 10.5. The van der Waals surface area contributed by atoms with Gasteiger partial charge in [0.2, 0.25) is 5.91 Å². The lowest BCUT2D eigenvalue weighted by atomic mass is 10.2. The molecule has 3 rings (SSSR count). The molecule has 6 nitrogen and oxygen atoms in total. The van der Waals surface area contributed by atoms with Gasteiger partial charge in [0.15, 0.2) is 0 Å². The lowest BCUT2D eigenvalue weighted by Gasteiger charge is -2.07. The highest BCUT2D eigenvalue weighted by molar-refractivity contribution is 8.00. The Hall–Kier alpha value is -2.45. The van der Waals surface area contributed by atoms with Crippen LogP contribution in [0.5, 0.6) is 0 Å². The first-order chi connectivity index (χ1) is 11.7. The van der Waals surface area contributed by atoms with Gasteiger partial charge in [-0.15, -0.1) is 11.3 Å². The molecule has 0 aliphatic rings. The quantitative estimate of drug-likeness (QED) is 0.541. The van der Waals surface area contributed by atoms with Crippen LogP contribution in [-0.4, -0.2) is 27.7 Å². The number of rotatable bonds is 5. The third-order valence-corrected chi connectivity index (χ3v) is 4.94. The Bertz CT molecular complexity index is 851. The third kappa shape index (κ3) is 4.30. The van der Waals surface area contributed by atoms with Crippen LogP contribution in [0.15, 0.2) is 53.1 Å². The Labute approximate surface area is 146 Å². The molecule has 0 saturated heterocycles. The van der Waals surface area contributed by atoms with Gasteiger partial charge in [-0.25, -0.2) is 14.8 Å². The van der Waals surface area contributed by atoms with E-state index < -0.39 is 6.03 Å². The van der Waals surface area contributed by atoms with Gasteiger partial charge in [-0.3, -0.25) is 10.1 Å². The van der Waals surface area contributed by atoms with Crippen molar-refractivity contribution in [3.8, 4) is 0 Å². The van der Waals surface area contributed by atoms with Crippen molar-refractivity contribution < 1.29 is 9.59 Å². The summed E-state index contributed by atoms with van der Waals surface area (Å²) < 4.78 is 0. The van der Waals surface area contributed by atoms with Gasteiger partial charge in [-0.05, 0) is 17.0 Å². The largest absolute Gasteiger partial charge is 0.334 e. The number of benzene rings is 1. The second-order valence-electron chi connectivity index (χ2n) is 4.82. The number of nitrogens with one attached hydrogen (secondary N) is 2. The summed E-state index contributed by atoms with van der Waals surface area (Å²) in [5.74, 6) is -0.256. The molecule has 24 heavy (non-hydrogen) atoms. The van der Waals surface area contributed by atoms with Crippen LogP contribution in [0.4, 0.5) is 4.79 Å². The molecule has 0 saturated carbocycles. The highest BCUT2D eigenvalue weighted by Gasteiger charge is 2.11. The Morgan fingerprint density at radius 2 is 1.96 bits per heavy atom. The molecule has 8 heteroatoms. The van der Waals surface area contributed by atoms with Crippen molar-refractivity contribution in [3.05, 3.63) is 53.7 Å². The summed E-state index contributed by atoms with van der Waals surface area (Å²) in [6, 6.07) is 10.9. The molecular formula is C16H14N4O2S2. The number of thiophene rings is 1. The maximum Gasteiger partial charge on any atom is 0.321 e. The van der Waals surface area contributed by atoms with E-state index >= 15 is 0 Å². The number of hydrogen-bond acceptors (Lipinski definition) is 6. The predicted octanol–water partition coefficient (Wildman–Crippen LogP) is 2.81.